The fourth-order valence-corrected chi connectivity index (χ4v) is 5.43. The molecule has 0 aromatic carbocycles. The summed E-state index contributed by atoms with van der Waals surface area (Å²) < 4.78 is 12.3. The van der Waals surface area contributed by atoms with Crippen LogP contribution in [0.25, 0.3) is 0 Å². The number of fused-ring (bicyclic) bond motifs is 2. The molecule has 0 aromatic rings. The summed E-state index contributed by atoms with van der Waals surface area (Å²) in [6, 6.07) is 0. The van der Waals surface area contributed by atoms with Gasteiger partial charge in [-0.15, -0.1) is 0 Å². The van der Waals surface area contributed by atoms with E-state index in [1.807, 2.05) is 0 Å². The average Bonchev–Trinajstić information content (AvgIpc) is 2.92. The van der Waals surface area contributed by atoms with Gasteiger partial charge in [0.05, 0.1) is 13.2 Å². The highest BCUT2D eigenvalue weighted by molar-refractivity contribution is 9.09. The van der Waals surface area contributed by atoms with Crippen molar-refractivity contribution in [3.63, 3.8) is 0 Å². The highest BCUT2D eigenvalue weighted by Gasteiger charge is 2.62. The lowest BCUT2D eigenvalue weighted by Gasteiger charge is -2.51. The summed E-state index contributed by atoms with van der Waals surface area (Å²) in [5.74, 6) is 0.801. The molecular weight excluding hydrogens is 304 g/mol. The minimum Gasteiger partial charge on any atom is -0.347 e. The lowest BCUT2D eigenvalue weighted by molar-refractivity contribution is -0.240. The minimum atomic E-state index is -0.299. The Hall–Kier alpha value is 0.140. The molecule has 3 fully saturated rings. The van der Waals surface area contributed by atoms with Crippen molar-refractivity contribution in [1.82, 2.24) is 0 Å². The maximum atomic E-state index is 6.15. The Morgan fingerprint density at radius 3 is 2.47 bits per heavy atom. The molecule has 0 bridgehead atoms. The van der Waals surface area contributed by atoms with E-state index in [0.29, 0.717) is 22.1 Å². The summed E-state index contributed by atoms with van der Waals surface area (Å²) in [6.07, 6.45) is 7.19. The fraction of sp³-hybridized carbons (Fsp3) is 0.875. The molecule has 4 atom stereocenters. The quantitative estimate of drug-likeness (QED) is 0.528. The highest BCUT2D eigenvalue weighted by Crippen LogP contribution is 2.62. The van der Waals surface area contributed by atoms with Crippen molar-refractivity contribution in [2.75, 3.05) is 13.2 Å². The third-order valence-electron chi connectivity index (χ3n) is 5.41. The number of hydrogen-bond acceptors (Lipinski definition) is 2. The number of hydrogen-bond donors (Lipinski definition) is 0. The Kier molecular flexibility index (Phi) is 3.60. The van der Waals surface area contributed by atoms with Crippen molar-refractivity contribution in [2.24, 2.45) is 17.3 Å². The number of halogens is 1. The fourth-order valence-electron chi connectivity index (χ4n) is 4.68. The normalized spacial score (nSPS) is 44.3. The first kappa shape index (κ1) is 14.1. The van der Waals surface area contributed by atoms with Gasteiger partial charge in [-0.05, 0) is 44.4 Å². The summed E-state index contributed by atoms with van der Waals surface area (Å²) in [6.45, 7) is 8.37. The molecule has 0 N–H and O–H groups in total. The van der Waals surface area contributed by atoms with Crippen LogP contribution in [0.5, 0.6) is 0 Å². The SMILES string of the molecule is CC(C)=C[C@@H]1CC[C@@]2(C)[C@H]1C1(CC[C@@H]2Br)OCCO1. The number of allylic oxidation sites excluding steroid dienone is 2. The molecule has 108 valence electrons. The molecule has 0 amide bonds. The van der Waals surface area contributed by atoms with E-state index in [0.717, 1.165) is 26.1 Å². The van der Waals surface area contributed by atoms with Crippen molar-refractivity contribution in [3.05, 3.63) is 11.6 Å². The molecule has 3 rings (SSSR count). The Morgan fingerprint density at radius 2 is 1.84 bits per heavy atom. The van der Waals surface area contributed by atoms with E-state index in [9.17, 15) is 0 Å². The topological polar surface area (TPSA) is 18.5 Å². The van der Waals surface area contributed by atoms with Crippen molar-refractivity contribution in [3.8, 4) is 0 Å². The molecule has 1 saturated heterocycles. The zero-order chi connectivity index (χ0) is 13.7. The number of alkyl halides is 1. The van der Waals surface area contributed by atoms with Crippen LogP contribution in [0.3, 0.4) is 0 Å². The predicted molar refractivity (Wildman–Crippen MR) is 80.3 cm³/mol. The standard InChI is InChI=1S/C16H25BrO2/c1-11(2)10-12-4-6-15(3)13(17)5-7-16(14(12)15)18-8-9-19-16/h10,12-14H,4-9H2,1-3H3/t12-,13-,14-,15+/m0/s1. The van der Waals surface area contributed by atoms with Gasteiger partial charge in [-0.25, -0.2) is 0 Å². The van der Waals surface area contributed by atoms with Gasteiger partial charge in [0.15, 0.2) is 5.79 Å². The van der Waals surface area contributed by atoms with Crippen molar-refractivity contribution in [1.29, 1.82) is 0 Å². The molecule has 19 heavy (non-hydrogen) atoms. The summed E-state index contributed by atoms with van der Waals surface area (Å²) in [5.41, 5.74) is 1.72. The van der Waals surface area contributed by atoms with Crippen LogP contribution < -0.4 is 0 Å². The lowest BCUT2D eigenvalue weighted by Crippen LogP contribution is -2.54. The second-order valence-electron chi connectivity index (χ2n) is 6.95. The van der Waals surface area contributed by atoms with Gasteiger partial charge in [0.2, 0.25) is 0 Å². The minimum absolute atomic E-state index is 0.299. The zero-order valence-corrected chi connectivity index (χ0v) is 13.8. The van der Waals surface area contributed by atoms with Crippen LogP contribution in [0.4, 0.5) is 0 Å². The Morgan fingerprint density at radius 1 is 1.16 bits per heavy atom. The lowest BCUT2D eigenvalue weighted by atomic mass is 9.64. The molecule has 2 aliphatic carbocycles. The molecule has 1 spiro atoms. The van der Waals surface area contributed by atoms with Crippen LogP contribution in [0, 0.1) is 17.3 Å². The summed E-state index contributed by atoms with van der Waals surface area (Å²) in [4.78, 5) is 0.596. The van der Waals surface area contributed by atoms with Gasteiger partial charge < -0.3 is 9.47 Å². The van der Waals surface area contributed by atoms with Crippen molar-refractivity contribution in [2.45, 2.75) is 57.1 Å². The van der Waals surface area contributed by atoms with Crippen LogP contribution >= 0.6 is 15.9 Å². The van der Waals surface area contributed by atoms with Crippen molar-refractivity contribution >= 4 is 15.9 Å². The first-order chi connectivity index (χ1) is 8.98. The third kappa shape index (κ3) is 2.13. The van der Waals surface area contributed by atoms with E-state index < -0.39 is 0 Å². The van der Waals surface area contributed by atoms with E-state index in [1.165, 1.54) is 18.4 Å². The molecule has 0 radical (unpaired) electrons. The molecule has 3 aliphatic rings. The van der Waals surface area contributed by atoms with Crippen LogP contribution in [0.15, 0.2) is 11.6 Å². The molecule has 3 heteroatoms. The van der Waals surface area contributed by atoms with Crippen LogP contribution in [-0.2, 0) is 9.47 Å². The van der Waals surface area contributed by atoms with Gasteiger partial charge in [0.25, 0.3) is 0 Å². The molecule has 0 aromatic heterocycles. The molecule has 2 nitrogen and oxygen atoms in total. The van der Waals surface area contributed by atoms with Gasteiger partial charge in [-0.1, -0.05) is 34.5 Å². The Balaban J connectivity index is 1.99. The van der Waals surface area contributed by atoms with Crippen LogP contribution in [0.2, 0.25) is 0 Å². The average molecular weight is 329 g/mol. The molecule has 0 unspecified atom stereocenters. The van der Waals surface area contributed by atoms with E-state index >= 15 is 0 Å². The highest BCUT2D eigenvalue weighted by atomic mass is 79.9. The van der Waals surface area contributed by atoms with Crippen molar-refractivity contribution < 1.29 is 9.47 Å². The van der Waals surface area contributed by atoms with Gasteiger partial charge in [-0.3, -0.25) is 0 Å². The van der Waals surface area contributed by atoms with E-state index in [2.05, 4.69) is 42.8 Å². The molecular formula is C16H25BrO2. The summed E-state index contributed by atoms with van der Waals surface area (Å²) in [5, 5.41) is 0. The summed E-state index contributed by atoms with van der Waals surface area (Å²) >= 11 is 3.94. The zero-order valence-electron chi connectivity index (χ0n) is 12.2. The van der Waals surface area contributed by atoms with Crippen LogP contribution in [-0.4, -0.2) is 23.8 Å². The van der Waals surface area contributed by atoms with Gasteiger partial charge in [0.1, 0.15) is 0 Å². The Bertz CT molecular complexity index is 382. The van der Waals surface area contributed by atoms with Gasteiger partial charge in [-0.2, -0.15) is 0 Å². The van der Waals surface area contributed by atoms with Gasteiger partial charge >= 0.3 is 0 Å². The number of rotatable bonds is 1. The van der Waals surface area contributed by atoms with E-state index in [1.54, 1.807) is 0 Å². The smallest absolute Gasteiger partial charge is 0.172 e. The second-order valence-corrected chi connectivity index (χ2v) is 8.05. The second kappa shape index (κ2) is 4.85. The third-order valence-corrected chi connectivity index (χ3v) is 6.92. The largest absolute Gasteiger partial charge is 0.347 e. The van der Waals surface area contributed by atoms with E-state index in [4.69, 9.17) is 9.47 Å². The monoisotopic (exact) mass is 328 g/mol. The van der Waals surface area contributed by atoms with E-state index in [-0.39, 0.29) is 5.79 Å². The number of ether oxygens (including phenoxy) is 2. The maximum absolute atomic E-state index is 6.15. The van der Waals surface area contributed by atoms with Gasteiger partial charge in [0, 0.05) is 17.2 Å². The summed E-state index contributed by atoms with van der Waals surface area (Å²) in [7, 11) is 0. The maximum Gasteiger partial charge on any atom is 0.172 e. The Labute approximate surface area is 125 Å². The molecule has 2 saturated carbocycles. The van der Waals surface area contributed by atoms with Crippen LogP contribution in [0.1, 0.15) is 46.5 Å². The predicted octanol–water partition coefficient (Wildman–Crippen LogP) is 4.29. The first-order valence-electron chi connectivity index (χ1n) is 7.55. The molecule has 1 aliphatic heterocycles. The molecule has 1 heterocycles. The first-order valence-corrected chi connectivity index (χ1v) is 8.46.